The first-order valence-corrected chi connectivity index (χ1v) is 5.89. The third-order valence-electron chi connectivity index (χ3n) is 1.89. The van der Waals surface area contributed by atoms with Crippen LogP contribution in [0.4, 0.5) is 0 Å². The summed E-state index contributed by atoms with van der Waals surface area (Å²) in [5.74, 6) is 0.0252. The molecule has 2 rings (SSSR count). The molecule has 3 nitrogen and oxygen atoms in total. The molecule has 2 aromatic rings. The zero-order valence-electron chi connectivity index (χ0n) is 8.22. The number of halogens is 1. The standard InChI is InChI=1S/C11H8ClNO2S/c12-9-3-1-8(2-4-9)5-11(14)15-10-6-16-7-13-10/h1-4,6-7H,5H2. The van der Waals surface area contributed by atoms with Crippen LogP contribution in [0.5, 0.6) is 5.88 Å². The highest BCUT2D eigenvalue weighted by atomic mass is 35.5. The van der Waals surface area contributed by atoms with Crippen LogP contribution >= 0.6 is 22.9 Å². The fourth-order valence-corrected chi connectivity index (χ4v) is 1.75. The molecule has 0 aliphatic heterocycles. The van der Waals surface area contributed by atoms with E-state index in [0.29, 0.717) is 10.9 Å². The Morgan fingerprint density at radius 1 is 1.38 bits per heavy atom. The number of benzene rings is 1. The minimum atomic E-state index is -0.326. The van der Waals surface area contributed by atoms with Gasteiger partial charge in [-0.2, -0.15) is 0 Å². The highest BCUT2D eigenvalue weighted by Crippen LogP contribution is 2.13. The Balaban J connectivity index is 1.95. The third-order valence-corrected chi connectivity index (χ3v) is 2.71. The summed E-state index contributed by atoms with van der Waals surface area (Å²) in [7, 11) is 0. The average Bonchev–Trinajstić information content (AvgIpc) is 2.74. The van der Waals surface area contributed by atoms with Crippen LogP contribution in [-0.4, -0.2) is 11.0 Å². The molecule has 0 radical (unpaired) electrons. The Bertz CT molecular complexity index is 467. The molecule has 1 aromatic heterocycles. The van der Waals surface area contributed by atoms with Crippen LogP contribution < -0.4 is 4.74 Å². The second-order valence-corrected chi connectivity index (χ2v) is 4.26. The van der Waals surface area contributed by atoms with E-state index in [1.807, 2.05) is 0 Å². The first-order chi connectivity index (χ1) is 7.74. The Morgan fingerprint density at radius 2 is 2.12 bits per heavy atom. The van der Waals surface area contributed by atoms with E-state index in [2.05, 4.69) is 4.98 Å². The maximum Gasteiger partial charge on any atom is 0.317 e. The monoisotopic (exact) mass is 253 g/mol. The maximum absolute atomic E-state index is 11.5. The van der Waals surface area contributed by atoms with E-state index in [1.54, 1.807) is 35.2 Å². The summed E-state index contributed by atoms with van der Waals surface area (Å²) in [6.45, 7) is 0. The van der Waals surface area contributed by atoms with Gasteiger partial charge in [-0.15, -0.1) is 11.3 Å². The number of ether oxygens (including phenoxy) is 1. The van der Waals surface area contributed by atoms with Crippen molar-refractivity contribution in [1.82, 2.24) is 4.98 Å². The van der Waals surface area contributed by atoms with Gasteiger partial charge in [-0.25, -0.2) is 4.98 Å². The van der Waals surface area contributed by atoms with Gasteiger partial charge >= 0.3 is 5.97 Å². The van der Waals surface area contributed by atoms with E-state index >= 15 is 0 Å². The van der Waals surface area contributed by atoms with Gasteiger partial charge in [0.2, 0.25) is 5.88 Å². The Kier molecular flexibility index (Phi) is 3.54. The molecular weight excluding hydrogens is 246 g/mol. The molecule has 5 heteroatoms. The molecular formula is C11H8ClNO2S. The molecule has 0 aliphatic carbocycles. The van der Waals surface area contributed by atoms with Gasteiger partial charge in [0.05, 0.1) is 17.3 Å². The first kappa shape index (κ1) is 11.1. The predicted octanol–water partition coefficient (Wildman–Crippen LogP) is 2.94. The number of carbonyl (C=O) groups is 1. The van der Waals surface area contributed by atoms with Crippen LogP contribution in [-0.2, 0) is 11.2 Å². The molecule has 0 fully saturated rings. The van der Waals surface area contributed by atoms with Crippen LogP contribution in [0.3, 0.4) is 0 Å². The summed E-state index contributed by atoms with van der Waals surface area (Å²) in [5, 5.41) is 2.33. The predicted molar refractivity (Wildman–Crippen MR) is 62.9 cm³/mol. The van der Waals surface area contributed by atoms with E-state index in [9.17, 15) is 4.79 Å². The van der Waals surface area contributed by atoms with E-state index in [1.165, 1.54) is 11.3 Å². The number of hydrogen-bond donors (Lipinski definition) is 0. The Labute approximate surface area is 102 Å². The summed E-state index contributed by atoms with van der Waals surface area (Å²) >= 11 is 7.12. The molecule has 0 bridgehead atoms. The van der Waals surface area contributed by atoms with Crippen molar-refractivity contribution in [2.45, 2.75) is 6.42 Å². The van der Waals surface area contributed by atoms with Gasteiger partial charge in [-0.1, -0.05) is 23.7 Å². The quantitative estimate of drug-likeness (QED) is 0.790. The lowest BCUT2D eigenvalue weighted by Gasteiger charge is -2.01. The fraction of sp³-hybridized carbons (Fsp3) is 0.0909. The number of rotatable bonds is 3. The summed E-state index contributed by atoms with van der Waals surface area (Å²) in [4.78, 5) is 15.3. The number of nitrogens with zero attached hydrogens (tertiary/aromatic N) is 1. The summed E-state index contributed by atoms with van der Waals surface area (Å²) in [6.07, 6.45) is 0.217. The van der Waals surface area contributed by atoms with Crippen molar-refractivity contribution in [3.05, 3.63) is 45.7 Å². The minimum Gasteiger partial charge on any atom is -0.406 e. The molecule has 82 valence electrons. The van der Waals surface area contributed by atoms with E-state index in [0.717, 1.165) is 5.56 Å². The summed E-state index contributed by atoms with van der Waals surface area (Å²) < 4.78 is 5.02. The molecule has 16 heavy (non-hydrogen) atoms. The van der Waals surface area contributed by atoms with Crippen LogP contribution in [0, 0.1) is 0 Å². The minimum absolute atomic E-state index is 0.217. The van der Waals surface area contributed by atoms with E-state index in [-0.39, 0.29) is 12.4 Å². The molecule has 0 unspecified atom stereocenters. The lowest BCUT2D eigenvalue weighted by atomic mass is 10.2. The van der Waals surface area contributed by atoms with Gasteiger partial charge in [-0.05, 0) is 17.7 Å². The van der Waals surface area contributed by atoms with Crippen LogP contribution in [0.2, 0.25) is 5.02 Å². The molecule has 1 aromatic carbocycles. The van der Waals surface area contributed by atoms with Crippen molar-refractivity contribution in [2.75, 3.05) is 0 Å². The topological polar surface area (TPSA) is 39.2 Å². The van der Waals surface area contributed by atoms with Crippen molar-refractivity contribution in [1.29, 1.82) is 0 Å². The normalized spacial score (nSPS) is 10.1. The third kappa shape index (κ3) is 3.05. The molecule has 0 aliphatic rings. The highest BCUT2D eigenvalue weighted by Gasteiger charge is 2.07. The number of carbonyl (C=O) groups excluding carboxylic acids is 1. The highest BCUT2D eigenvalue weighted by molar-refractivity contribution is 7.07. The van der Waals surface area contributed by atoms with Crippen molar-refractivity contribution in [3.8, 4) is 5.88 Å². The van der Waals surface area contributed by atoms with E-state index in [4.69, 9.17) is 16.3 Å². The first-order valence-electron chi connectivity index (χ1n) is 4.57. The zero-order valence-corrected chi connectivity index (χ0v) is 9.79. The van der Waals surface area contributed by atoms with Crippen LogP contribution in [0.25, 0.3) is 0 Å². The lowest BCUT2D eigenvalue weighted by molar-refractivity contribution is -0.133. The number of thiazole rings is 1. The van der Waals surface area contributed by atoms with Crippen molar-refractivity contribution in [3.63, 3.8) is 0 Å². The van der Waals surface area contributed by atoms with Crippen LogP contribution in [0.15, 0.2) is 35.2 Å². The molecule has 0 spiro atoms. The molecule has 0 saturated carbocycles. The lowest BCUT2D eigenvalue weighted by Crippen LogP contribution is -2.11. The molecule has 0 N–H and O–H groups in total. The average molecular weight is 254 g/mol. The maximum atomic E-state index is 11.5. The summed E-state index contributed by atoms with van der Waals surface area (Å²) in [6, 6.07) is 7.08. The molecule has 0 amide bonds. The van der Waals surface area contributed by atoms with Crippen molar-refractivity contribution < 1.29 is 9.53 Å². The fourth-order valence-electron chi connectivity index (χ4n) is 1.17. The van der Waals surface area contributed by atoms with Gasteiger partial charge in [0.1, 0.15) is 0 Å². The molecule has 0 saturated heterocycles. The van der Waals surface area contributed by atoms with Gasteiger partial charge in [0, 0.05) is 5.02 Å². The number of aromatic nitrogens is 1. The van der Waals surface area contributed by atoms with Crippen LogP contribution in [0.1, 0.15) is 5.56 Å². The summed E-state index contributed by atoms with van der Waals surface area (Å²) in [5.41, 5.74) is 2.48. The van der Waals surface area contributed by atoms with Crippen molar-refractivity contribution in [2.24, 2.45) is 0 Å². The van der Waals surface area contributed by atoms with Gasteiger partial charge in [0.25, 0.3) is 0 Å². The Hall–Kier alpha value is -1.39. The Morgan fingerprint density at radius 3 is 2.75 bits per heavy atom. The van der Waals surface area contributed by atoms with Gasteiger partial charge < -0.3 is 4.74 Å². The SMILES string of the molecule is O=C(Cc1ccc(Cl)cc1)Oc1cscn1. The largest absolute Gasteiger partial charge is 0.406 e. The second-order valence-electron chi connectivity index (χ2n) is 3.10. The van der Waals surface area contributed by atoms with Gasteiger partial charge in [0.15, 0.2) is 0 Å². The molecule has 1 heterocycles. The zero-order chi connectivity index (χ0) is 11.4. The number of esters is 1. The van der Waals surface area contributed by atoms with E-state index < -0.39 is 0 Å². The van der Waals surface area contributed by atoms with Crippen molar-refractivity contribution >= 4 is 28.9 Å². The second kappa shape index (κ2) is 5.09. The van der Waals surface area contributed by atoms with Gasteiger partial charge in [-0.3, -0.25) is 4.79 Å². The number of hydrogen-bond acceptors (Lipinski definition) is 4. The smallest absolute Gasteiger partial charge is 0.317 e. The molecule has 0 atom stereocenters.